The van der Waals surface area contributed by atoms with Crippen LogP contribution in [0.4, 0.5) is 0 Å². The number of unbranched alkanes of at least 4 members (excludes halogenated alkanes) is 1. The molecular weight excluding hydrogens is 216 g/mol. The third kappa shape index (κ3) is 6.64. The zero-order valence-electron chi connectivity index (χ0n) is 11.2. The summed E-state index contributed by atoms with van der Waals surface area (Å²) >= 11 is 0. The zero-order valence-corrected chi connectivity index (χ0v) is 11.2. The lowest BCUT2D eigenvalue weighted by molar-refractivity contribution is -0.144. The second-order valence-electron chi connectivity index (χ2n) is 4.98. The number of carbonyl (C=O) groups is 1. The number of hydrogen-bond donors (Lipinski definition) is 1. The normalized spacial score (nSPS) is 20.5. The molecular formula is C13H26N2O2. The first-order chi connectivity index (χ1) is 8.22. The van der Waals surface area contributed by atoms with E-state index in [9.17, 15) is 4.79 Å². The fourth-order valence-electron chi connectivity index (χ4n) is 2.18. The summed E-state index contributed by atoms with van der Waals surface area (Å²) in [6, 6.07) is 0. The van der Waals surface area contributed by atoms with E-state index in [4.69, 9.17) is 4.74 Å². The molecule has 1 saturated heterocycles. The van der Waals surface area contributed by atoms with E-state index in [1.54, 1.807) is 0 Å². The Morgan fingerprint density at radius 1 is 1.53 bits per heavy atom. The minimum Gasteiger partial charge on any atom is -0.465 e. The first-order valence-electron chi connectivity index (χ1n) is 6.77. The van der Waals surface area contributed by atoms with E-state index < -0.39 is 0 Å². The van der Waals surface area contributed by atoms with E-state index >= 15 is 0 Å². The van der Waals surface area contributed by atoms with Crippen molar-refractivity contribution in [3.8, 4) is 0 Å². The maximum atomic E-state index is 11.5. The first-order valence-corrected chi connectivity index (χ1v) is 6.77. The van der Waals surface area contributed by atoms with E-state index in [-0.39, 0.29) is 5.97 Å². The van der Waals surface area contributed by atoms with Crippen LogP contribution in [0.1, 0.15) is 32.6 Å². The Hall–Kier alpha value is -0.610. The molecule has 0 amide bonds. The second-order valence-corrected chi connectivity index (χ2v) is 4.98. The van der Waals surface area contributed by atoms with E-state index in [0.717, 1.165) is 32.5 Å². The van der Waals surface area contributed by atoms with Crippen molar-refractivity contribution < 1.29 is 9.53 Å². The molecule has 1 aliphatic heterocycles. The average Bonchev–Trinajstić information content (AvgIpc) is 2.30. The molecule has 1 atom stereocenters. The third-order valence-corrected chi connectivity index (χ3v) is 3.13. The van der Waals surface area contributed by atoms with Gasteiger partial charge < -0.3 is 10.1 Å². The van der Waals surface area contributed by atoms with Crippen molar-refractivity contribution in [2.24, 2.45) is 5.92 Å². The summed E-state index contributed by atoms with van der Waals surface area (Å²) in [5.41, 5.74) is 0. The maximum Gasteiger partial charge on any atom is 0.320 e. The lowest BCUT2D eigenvalue weighted by atomic mass is 9.99. The Morgan fingerprint density at radius 2 is 2.35 bits per heavy atom. The molecule has 17 heavy (non-hydrogen) atoms. The average molecular weight is 242 g/mol. The van der Waals surface area contributed by atoms with Crippen LogP contribution in [-0.2, 0) is 9.53 Å². The van der Waals surface area contributed by atoms with Crippen LogP contribution in [0.15, 0.2) is 0 Å². The Kier molecular flexibility index (Phi) is 7.21. The number of ether oxygens (including phenoxy) is 1. The largest absolute Gasteiger partial charge is 0.465 e. The number of nitrogens with one attached hydrogen (secondary N) is 1. The van der Waals surface area contributed by atoms with Crippen molar-refractivity contribution >= 4 is 5.97 Å². The maximum absolute atomic E-state index is 11.5. The number of likely N-dealkylation sites (N-methyl/N-ethyl adjacent to an activating group) is 1. The van der Waals surface area contributed by atoms with Crippen molar-refractivity contribution in [2.45, 2.75) is 32.6 Å². The minimum absolute atomic E-state index is 0.0929. The van der Waals surface area contributed by atoms with Gasteiger partial charge in [0.2, 0.25) is 0 Å². The molecule has 4 nitrogen and oxygen atoms in total. The van der Waals surface area contributed by atoms with Crippen molar-refractivity contribution in [3.63, 3.8) is 0 Å². The van der Waals surface area contributed by atoms with Crippen molar-refractivity contribution in [1.82, 2.24) is 10.2 Å². The molecule has 1 fully saturated rings. The van der Waals surface area contributed by atoms with Crippen molar-refractivity contribution in [1.29, 1.82) is 0 Å². The summed E-state index contributed by atoms with van der Waals surface area (Å²) in [6.07, 6.45) is 4.54. The number of piperidine rings is 1. The SMILES string of the molecule is CCCCOC(=O)CN(C)CC1CCCNC1. The van der Waals surface area contributed by atoms with Gasteiger partial charge in [0.25, 0.3) is 0 Å². The molecule has 1 rings (SSSR count). The summed E-state index contributed by atoms with van der Waals surface area (Å²) in [6.45, 7) is 6.27. The molecule has 0 aromatic carbocycles. The highest BCUT2D eigenvalue weighted by molar-refractivity contribution is 5.71. The number of carbonyl (C=O) groups excluding carboxylic acids is 1. The number of hydrogen-bond acceptors (Lipinski definition) is 4. The number of esters is 1. The van der Waals surface area contributed by atoms with Crippen LogP contribution >= 0.6 is 0 Å². The highest BCUT2D eigenvalue weighted by atomic mass is 16.5. The van der Waals surface area contributed by atoms with Gasteiger partial charge in [-0.25, -0.2) is 0 Å². The Bertz CT molecular complexity index is 215. The number of nitrogens with zero attached hydrogens (tertiary/aromatic N) is 1. The molecule has 0 radical (unpaired) electrons. The highest BCUT2D eigenvalue weighted by Gasteiger charge is 2.16. The van der Waals surface area contributed by atoms with E-state index in [2.05, 4.69) is 17.1 Å². The fraction of sp³-hybridized carbons (Fsp3) is 0.923. The Labute approximate surface area is 105 Å². The molecule has 1 N–H and O–H groups in total. The third-order valence-electron chi connectivity index (χ3n) is 3.13. The van der Waals surface area contributed by atoms with Crippen LogP contribution in [-0.4, -0.2) is 50.7 Å². The van der Waals surface area contributed by atoms with Crippen LogP contribution in [0.2, 0.25) is 0 Å². The van der Waals surface area contributed by atoms with Gasteiger partial charge in [-0.2, -0.15) is 0 Å². The van der Waals surface area contributed by atoms with Crippen LogP contribution in [0.25, 0.3) is 0 Å². The predicted molar refractivity (Wildman–Crippen MR) is 69.0 cm³/mol. The molecule has 1 unspecified atom stereocenters. The van der Waals surface area contributed by atoms with Gasteiger partial charge in [-0.15, -0.1) is 0 Å². The minimum atomic E-state index is -0.0929. The summed E-state index contributed by atoms with van der Waals surface area (Å²) in [7, 11) is 2.00. The van der Waals surface area contributed by atoms with Gasteiger partial charge in [-0.05, 0) is 45.3 Å². The van der Waals surface area contributed by atoms with Crippen LogP contribution in [0, 0.1) is 5.92 Å². The van der Waals surface area contributed by atoms with Crippen LogP contribution in [0.3, 0.4) is 0 Å². The van der Waals surface area contributed by atoms with Crippen molar-refractivity contribution in [2.75, 3.05) is 39.8 Å². The van der Waals surface area contributed by atoms with Gasteiger partial charge >= 0.3 is 5.97 Å². The van der Waals surface area contributed by atoms with Crippen LogP contribution < -0.4 is 5.32 Å². The summed E-state index contributed by atoms with van der Waals surface area (Å²) in [4.78, 5) is 13.6. The van der Waals surface area contributed by atoms with Gasteiger partial charge in [0.05, 0.1) is 13.2 Å². The molecule has 100 valence electrons. The van der Waals surface area contributed by atoms with Gasteiger partial charge in [-0.3, -0.25) is 9.69 Å². The monoisotopic (exact) mass is 242 g/mol. The summed E-state index contributed by atoms with van der Waals surface area (Å²) < 4.78 is 5.15. The fourth-order valence-corrected chi connectivity index (χ4v) is 2.18. The van der Waals surface area contributed by atoms with E-state index in [1.807, 2.05) is 7.05 Å². The number of rotatable bonds is 7. The molecule has 0 aliphatic carbocycles. The summed E-state index contributed by atoms with van der Waals surface area (Å²) in [5.74, 6) is 0.585. The smallest absolute Gasteiger partial charge is 0.320 e. The molecule has 4 heteroatoms. The lowest BCUT2D eigenvalue weighted by Crippen LogP contribution is -2.38. The Morgan fingerprint density at radius 3 is 3.00 bits per heavy atom. The Balaban J connectivity index is 2.10. The quantitative estimate of drug-likeness (QED) is 0.539. The van der Waals surface area contributed by atoms with Crippen LogP contribution in [0.5, 0.6) is 0 Å². The van der Waals surface area contributed by atoms with E-state index in [0.29, 0.717) is 19.1 Å². The predicted octanol–water partition coefficient (Wildman–Crippen LogP) is 1.26. The molecule has 0 aromatic rings. The van der Waals surface area contributed by atoms with Gasteiger partial charge in [-0.1, -0.05) is 13.3 Å². The highest BCUT2D eigenvalue weighted by Crippen LogP contribution is 2.10. The topological polar surface area (TPSA) is 41.6 Å². The zero-order chi connectivity index (χ0) is 12.5. The van der Waals surface area contributed by atoms with E-state index in [1.165, 1.54) is 12.8 Å². The van der Waals surface area contributed by atoms with Gasteiger partial charge in [0.15, 0.2) is 0 Å². The molecule has 1 aliphatic rings. The molecule has 0 spiro atoms. The molecule has 0 saturated carbocycles. The van der Waals surface area contributed by atoms with Crippen molar-refractivity contribution in [3.05, 3.63) is 0 Å². The standard InChI is InChI=1S/C13H26N2O2/c1-3-4-8-17-13(16)11-15(2)10-12-6-5-7-14-9-12/h12,14H,3-11H2,1-2H3. The molecule has 0 bridgehead atoms. The lowest BCUT2D eigenvalue weighted by Gasteiger charge is -2.27. The first kappa shape index (κ1) is 14.5. The molecule has 0 aromatic heterocycles. The van der Waals surface area contributed by atoms with Gasteiger partial charge in [0.1, 0.15) is 0 Å². The van der Waals surface area contributed by atoms with Gasteiger partial charge in [0, 0.05) is 6.54 Å². The summed E-state index contributed by atoms with van der Waals surface area (Å²) in [5, 5.41) is 3.39. The second kappa shape index (κ2) is 8.48. The molecule has 1 heterocycles.